The topological polar surface area (TPSA) is 35.6 Å². The van der Waals surface area contributed by atoms with Crippen LogP contribution in [0.5, 0.6) is 0 Å². The first-order chi connectivity index (χ1) is 9.58. The maximum atomic E-state index is 12.0. The number of rotatable bonds is 4. The third kappa shape index (κ3) is 4.45. The Hall–Kier alpha value is -0.620. The predicted octanol–water partition coefficient (Wildman–Crippen LogP) is 2.68. The summed E-state index contributed by atoms with van der Waals surface area (Å²) >= 11 is 9.43. The van der Waals surface area contributed by atoms with Crippen LogP contribution in [0.2, 0.25) is 5.02 Å². The van der Waals surface area contributed by atoms with Crippen LogP contribution in [-0.4, -0.2) is 55.0 Å². The second-order valence-corrected chi connectivity index (χ2v) is 6.21. The third-order valence-electron chi connectivity index (χ3n) is 3.48. The van der Waals surface area contributed by atoms with E-state index in [2.05, 4.69) is 38.0 Å². The van der Waals surface area contributed by atoms with Crippen LogP contribution in [0, 0.1) is 0 Å². The summed E-state index contributed by atoms with van der Waals surface area (Å²) < 4.78 is 0.899. The van der Waals surface area contributed by atoms with Crippen LogP contribution in [0.4, 0.5) is 5.69 Å². The van der Waals surface area contributed by atoms with E-state index in [-0.39, 0.29) is 5.91 Å². The zero-order chi connectivity index (χ0) is 14.5. The molecule has 1 aromatic rings. The van der Waals surface area contributed by atoms with Gasteiger partial charge in [0.1, 0.15) is 0 Å². The molecule has 1 N–H and O–H groups in total. The molecule has 1 aliphatic rings. The monoisotopic (exact) mass is 359 g/mol. The standard InChI is InChI=1S/C14H19BrClN3O/c1-2-18-5-7-19(8-6-18)10-14(20)17-13-4-3-11(15)9-12(13)16/h3-4,9H,2,5-8,10H2,1H3,(H,17,20). The fraction of sp³-hybridized carbons (Fsp3) is 0.500. The Bertz CT molecular complexity index is 475. The van der Waals surface area contributed by atoms with Gasteiger partial charge >= 0.3 is 0 Å². The van der Waals surface area contributed by atoms with Gasteiger partial charge in [-0.15, -0.1) is 0 Å². The second-order valence-electron chi connectivity index (χ2n) is 4.88. The molecule has 110 valence electrons. The van der Waals surface area contributed by atoms with E-state index >= 15 is 0 Å². The lowest BCUT2D eigenvalue weighted by molar-refractivity contribution is -0.117. The number of amides is 1. The summed E-state index contributed by atoms with van der Waals surface area (Å²) in [6, 6.07) is 5.44. The second kappa shape index (κ2) is 7.41. The van der Waals surface area contributed by atoms with Gasteiger partial charge in [0, 0.05) is 30.7 Å². The molecule has 1 aromatic carbocycles. The van der Waals surface area contributed by atoms with Crippen molar-refractivity contribution in [3.63, 3.8) is 0 Å². The highest BCUT2D eigenvalue weighted by Gasteiger charge is 2.18. The largest absolute Gasteiger partial charge is 0.324 e. The highest BCUT2D eigenvalue weighted by molar-refractivity contribution is 9.10. The minimum atomic E-state index is -0.0147. The van der Waals surface area contributed by atoms with Crippen molar-refractivity contribution in [3.8, 4) is 0 Å². The molecule has 1 amide bonds. The summed E-state index contributed by atoms with van der Waals surface area (Å²) in [7, 11) is 0. The zero-order valence-corrected chi connectivity index (χ0v) is 13.9. The molecule has 4 nitrogen and oxygen atoms in total. The van der Waals surface area contributed by atoms with Crippen LogP contribution in [0.15, 0.2) is 22.7 Å². The molecule has 0 atom stereocenters. The lowest BCUT2D eigenvalue weighted by Crippen LogP contribution is -2.48. The van der Waals surface area contributed by atoms with Gasteiger partial charge in [0.2, 0.25) is 5.91 Å². The number of halogens is 2. The van der Waals surface area contributed by atoms with Gasteiger partial charge in [-0.3, -0.25) is 9.69 Å². The Morgan fingerprint density at radius 2 is 1.95 bits per heavy atom. The van der Waals surface area contributed by atoms with Crippen molar-refractivity contribution >= 4 is 39.1 Å². The molecule has 0 unspecified atom stereocenters. The number of benzene rings is 1. The summed E-state index contributed by atoms with van der Waals surface area (Å²) in [5.74, 6) is -0.0147. The lowest BCUT2D eigenvalue weighted by Gasteiger charge is -2.33. The molecule has 6 heteroatoms. The molecule has 0 aromatic heterocycles. The quantitative estimate of drug-likeness (QED) is 0.897. The molecule has 0 bridgehead atoms. The van der Waals surface area contributed by atoms with Gasteiger partial charge in [-0.05, 0) is 24.7 Å². The van der Waals surface area contributed by atoms with Gasteiger partial charge in [-0.2, -0.15) is 0 Å². The molecule has 0 spiro atoms. The molecular formula is C14H19BrClN3O. The molecule has 1 aliphatic heterocycles. The maximum Gasteiger partial charge on any atom is 0.238 e. The van der Waals surface area contributed by atoms with Crippen LogP contribution in [0.1, 0.15) is 6.92 Å². The summed E-state index contributed by atoms with van der Waals surface area (Å²) in [6.07, 6.45) is 0. The molecule has 0 radical (unpaired) electrons. The smallest absolute Gasteiger partial charge is 0.238 e. The van der Waals surface area contributed by atoms with Crippen molar-refractivity contribution in [1.82, 2.24) is 9.80 Å². The van der Waals surface area contributed by atoms with E-state index < -0.39 is 0 Å². The first-order valence-corrected chi connectivity index (χ1v) is 7.95. The Morgan fingerprint density at radius 3 is 2.55 bits per heavy atom. The van der Waals surface area contributed by atoms with E-state index in [4.69, 9.17) is 11.6 Å². The minimum absolute atomic E-state index is 0.0147. The molecule has 0 aliphatic carbocycles. The normalized spacial score (nSPS) is 17.1. The molecule has 1 saturated heterocycles. The Balaban J connectivity index is 1.84. The number of nitrogens with zero attached hydrogens (tertiary/aromatic N) is 2. The van der Waals surface area contributed by atoms with Gasteiger partial charge in [0.15, 0.2) is 0 Å². The van der Waals surface area contributed by atoms with Crippen LogP contribution in [-0.2, 0) is 4.79 Å². The van der Waals surface area contributed by atoms with Gasteiger partial charge in [0.05, 0.1) is 17.3 Å². The summed E-state index contributed by atoms with van der Waals surface area (Å²) in [5.41, 5.74) is 0.659. The van der Waals surface area contributed by atoms with Gasteiger partial charge in [-0.25, -0.2) is 0 Å². The van der Waals surface area contributed by atoms with E-state index in [0.29, 0.717) is 17.3 Å². The van der Waals surface area contributed by atoms with E-state index in [1.54, 1.807) is 12.1 Å². The maximum absolute atomic E-state index is 12.0. The van der Waals surface area contributed by atoms with Gasteiger partial charge in [-0.1, -0.05) is 34.5 Å². The molecule has 2 rings (SSSR count). The summed E-state index contributed by atoms with van der Waals surface area (Å²) in [4.78, 5) is 16.6. The number of nitrogens with one attached hydrogen (secondary N) is 1. The number of hydrogen-bond acceptors (Lipinski definition) is 3. The van der Waals surface area contributed by atoms with Crippen LogP contribution < -0.4 is 5.32 Å². The number of likely N-dealkylation sites (N-methyl/N-ethyl adjacent to an activating group) is 1. The first kappa shape index (κ1) is 15.8. The highest BCUT2D eigenvalue weighted by Crippen LogP contribution is 2.25. The minimum Gasteiger partial charge on any atom is -0.324 e. The number of hydrogen-bond donors (Lipinski definition) is 1. The SMILES string of the molecule is CCN1CCN(CC(=O)Nc2ccc(Br)cc2Cl)CC1. The predicted molar refractivity (Wildman–Crippen MR) is 86.3 cm³/mol. The molecule has 1 heterocycles. The Labute approximate surface area is 133 Å². The van der Waals surface area contributed by atoms with Crippen molar-refractivity contribution in [3.05, 3.63) is 27.7 Å². The fourth-order valence-corrected chi connectivity index (χ4v) is 2.97. The van der Waals surface area contributed by atoms with E-state index in [1.807, 2.05) is 6.07 Å². The molecule has 0 saturated carbocycles. The summed E-state index contributed by atoms with van der Waals surface area (Å²) in [6.45, 7) is 7.60. The van der Waals surface area contributed by atoms with Crippen LogP contribution in [0.3, 0.4) is 0 Å². The van der Waals surface area contributed by atoms with Gasteiger partial charge in [0.25, 0.3) is 0 Å². The molecule has 1 fully saturated rings. The van der Waals surface area contributed by atoms with E-state index in [9.17, 15) is 4.79 Å². The number of carbonyl (C=O) groups is 1. The highest BCUT2D eigenvalue weighted by atomic mass is 79.9. The number of piperazine rings is 1. The average molecular weight is 361 g/mol. The first-order valence-electron chi connectivity index (χ1n) is 6.78. The van der Waals surface area contributed by atoms with Gasteiger partial charge < -0.3 is 10.2 Å². The fourth-order valence-electron chi connectivity index (χ4n) is 2.25. The van der Waals surface area contributed by atoms with Crippen molar-refractivity contribution in [1.29, 1.82) is 0 Å². The summed E-state index contributed by atoms with van der Waals surface area (Å²) in [5, 5.41) is 3.41. The Morgan fingerprint density at radius 1 is 1.30 bits per heavy atom. The zero-order valence-electron chi connectivity index (χ0n) is 11.5. The number of carbonyl (C=O) groups excluding carboxylic acids is 1. The number of anilines is 1. The van der Waals surface area contributed by atoms with Crippen LogP contribution >= 0.6 is 27.5 Å². The van der Waals surface area contributed by atoms with Crippen molar-refractivity contribution < 1.29 is 4.79 Å². The molecular weight excluding hydrogens is 342 g/mol. The molecule has 20 heavy (non-hydrogen) atoms. The third-order valence-corrected chi connectivity index (χ3v) is 4.29. The Kier molecular flexibility index (Phi) is 5.84. The van der Waals surface area contributed by atoms with E-state index in [1.165, 1.54) is 0 Å². The van der Waals surface area contributed by atoms with Crippen molar-refractivity contribution in [2.45, 2.75) is 6.92 Å². The van der Waals surface area contributed by atoms with E-state index in [0.717, 1.165) is 37.2 Å². The average Bonchev–Trinajstić information content (AvgIpc) is 2.43. The van der Waals surface area contributed by atoms with Crippen molar-refractivity contribution in [2.75, 3.05) is 44.6 Å². The van der Waals surface area contributed by atoms with Crippen molar-refractivity contribution in [2.24, 2.45) is 0 Å². The van der Waals surface area contributed by atoms with Crippen LogP contribution in [0.25, 0.3) is 0 Å². The lowest BCUT2D eigenvalue weighted by atomic mass is 10.3.